The first-order valence-corrected chi connectivity index (χ1v) is 18.9. The predicted molar refractivity (Wildman–Crippen MR) is 223 cm³/mol. The van der Waals surface area contributed by atoms with Crippen LogP contribution in [-0.4, -0.2) is 0 Å². The first-order chi connectivity index (χ1) is 26.6. The van der Waals surface area contributed by atoms with Gasteiger partial charge >= 0.3 is 0 Å². The van der Waals surface area contributed by atoms with E-state index in [1.54, 1.807) is 0 Å². The van der Waals surface area contributed by atoms with Crippen LogP contribution >= 0.6 is 0 Å². The second-order valence-corrected chi connectivity index (χ2v) is 15.2. The highest BCUT2D eigenvalue weighted by Gasteiger charge is 2.49. The monoisotopic (exact) mass is 691 g/mol. The fourth-order valence-corrected chi connectivity index (χ4v) is 9.93. The molecule has 0 aliphatic heterocycles. The maximum Gasteiger partial charge on any atom is 0.135 e. The summed E-state index contributed by atoms with van der Waals surface area (Å²) >= 11 is 0. The number of hydrogen-bond donors (Lipinski definition) is 0. The van der Waals surface area contributed by atoms with Crippen LogP contribution in [0.5, 0.6) is 0 Å². The maximum atomic E-state index is 6.78. The summed E-state index contributed by atoms with van der Waals surface area (Å²) in [5.74, 6) is 0. The minimum Gasteiger partial charge on any atom is -0.456 e. The molecule has 2 heteroatoms. The quantitative estimate of drug-likeness (QED) is 0.179. The lowest BCUT2D eigenvalue weighted by molar-refractivity contribution is 0.660. The van der Waals surface area contributed by atoms with Crippen LogP contribution < -0.4 is 4.90 Å². The molecule has 0 saturated carbocycles. The summed E-state index contributed by atoms with van der Waals surface area (Å²) in [5, 5.41) is 2.24. The molecule has 2 nitrogen and oxygen atoms in total. The molecule has 11 rings (SSSR count). The van der Waals surface area contributed by atoms with Gasteiger partial charge in [0.25, 0.3) is 0 Å². The lowest BCUT2D eigenvalue weighted by Crippen LogP contribution is -2.31. The Labute approximate surface area is 315 Å². The lowest BCUT2D eigenvalue weighted by Gasteiger charge is -2.39. The summed E-state index contributed by atoms with van der Waals surface area (Å²) in [5.41, 5.74) is 17.1. The minimum atomic E-state index is -0.682. The van der Waals surface area contributed by atoms with Crippen LogP contribution in [0.15, 0.2) is 192 Å². The average Bonchev–Trinajstić information content (AvgIpc) is 3.83. The van der Waals surface area contributed by atoms with Gasteiger partial charge in [0.05, 0.1) is 16.8 Å². The molecule has 0 unspecified atom stereocenters. The first-order valence-electron chi connectivity index (χ1n) is 18.9. The molecule has 256 valence electrons. The third kappa shape index (κ3) is 4.06. The lowest BCUT2D eigenvalue weighted by atomic mass is 9.66. The average molecular weight is 692 g/mol. The zero-order chi connectivity index (χ0) is 36.0. The molecule has 0 amide bonds. The fraction of sp³-hybridized carbons (Fsp3) is 0.0769. The fourth-order valence-electron chi connectivity index (χ4n) is 9.93. The van der Waals surface area contributed by atoms with E-state index in [2.05, 4.69) is 207 Å². The summed E-state index contributed by atoms with van der Waals surface area (Å²) < 4.78 is 6.78. The molecule has 0 radical (unpaired) electrons. The molecule has 1 heterocycles. The number of anilines is 3. The van der Waals surface area contributed by atoms with E-state index in [-0.39, 0.29) is 5.41 Å². The Kier molecular flexibility index (Phi) is 6.55. The van der Waals surface area contributed by atoms with Crippen LogP contribution in [0.1, 0.15) is 47.2 Å². The number of nitrogens with zero attached hydrogens (tertiary/aromatic N) is 1. The van der Waals surface area contributed by atoms with Crippen molar-refractivity contribution in [3.05, 3.63) is 221 Å². The summed E-state index contributed by atoms with van der Waals surface area (Å²) in [6, 6.07) is 69.0. The minimum absolute atomic E-state index is 0.146. The normalized spacial score (nSPS) is 14.4. The Balaban J connectivity index is 1.36. The molecule has 0 spiro atoms. The maximum absolute atomic E-state index is 6.78. The molecule has 0 saturated heterocycles. The molecule has 0 fully saturated rings. The van der Waals surface area contributed by atoms with E-state index in [0.717, 1.165) is 39.0 Å². The third-order valence-electron chi connectivity index (χ3n) is 12.1. The number of fused-ring (bicyclic) bond motifs is 9. The summed E-state index contributed by atoms with van der Waals surface area (Å²) in [6.07, 6.45) is 0. The van der Waals surface area contributed by atoms with Gasteiger partial charge in [-0.15, -0.1) is 0 Å². The largest absolute Gasteiger partial charge is 0.456 e. The van der Waals surface area contributed by atoms with Gasteiger partial charge in [-0.25, -0.2) is 0 Å². The molecular formula is C52H37NO. The van der Waals surface area contributed by atoms with E-state index in [9.17, 15) is 0 Å². The molecule has 8 aromatic carbocycles. The van der Waals surface area contributed by atoms with Crippen molar-refractivity contribution < 1.29 is 4.42 Å². The highest BCUT2D eigenvalue weighted by Crippen LogP contribution is 2.62. The van der Waals surface area contributed by atoms with Crippen LogP contribution in [0.4, 0.5) is 17.1 Å². The number of furan rings is 1. The standard InChI is InChI=1S/C52H37NO/c1-51(2)40-26-13-11-24-38(40)48-43(51)29-17-30-44(48)53(35-20-7-4-8-21-35)45-32-33-47-49(39-25-12-16-31-46(39)54-47)50(45)52(34-18-5-3-6-19-34)41-27-14-9-22-36(41)37-23-10-15-28-42(37)52/h3-33H,1-2H3. The molecule has 9 aromatic rings. The van der Waals surface area contributed by atoms with Crippen LogP contribution in [0, 0.1) is 0 Å². The Morgan fingerprint density at radius 3 is 1.72 bits per heavy atom. The molecular weight excluding hydrogens is 655 g/mol. The van der Waals surface area contributed by atoms with E-state index in [4.69, 9.17) is 4.42 Å². The van der Waals surface area contributed by atoms with Gasteiger partial charge in [-0.05, 0) is 80.9 Å². The summed E-state index contributed by atoms with van der Waals surface area (Å²) in [7, 11) is 0. The highest BCUT2D eigenvalue weighted by molar-refractivity contribution is 6.12. The van der Waals surface area contributed by atoms with Gasteiger partial charge < -0.3 is 9.32 Å². The van der Waals surface area contributed by atoms with Gasteiger partial charge in [0.15, 0.2) is 0 Å². The van der Waals surface area contributed by atoms with E-state index in [0.29, 0.717) is 0 Å². The molecule has 0 bridgehead atoms. The second kappa shape index (κ2) is 11.4. The van der Waals surface area contributed by atoms with E-state index >= 15 is 0 Å². The van der Waals surface area contributed by atoms with Crippen molar-refractivity contribution in [3.63, 3.8) is 0 Å². The predicted octanol–water partition coefficient (Wildman–Crippen LogP) is 13.7. The van der Waals surface area contributed by atoms with Gasteiger partial charge in [-0.2, -0.15) is 0 Å². The number of hydrogen-bond acceptors (Lipinski definition) is 2. The molecule has 1 aromatic heterocycles. The van der Waals surface area contributed by atoms with Crippen molar-refractivity contribution in [3.8, 4) is 22.3 Å². The number of rotatable bonds is 5. The van der Waals surface area contributed by atoms with E-state index in [1.807, 2.05) is 0 Å². The van der Waals surface area contributed by atoms with Crippen LogP contribution in [0.3, 0.4) is 0 Å². The van der Waals surface area contributed by atoms with E-state index in [1.165, 1.54) is 55.6 Å². The van der Waals surface area contributed by atoms with Gasteiger partial charge in [-0.3, -0.25) is 0 Å². The first kappa shape index (κ1) is 30.9. The van der Waals surface area contributed by atoms with Crippen molar-refractivity contribution in [1.82, 2.24) is 0 Å². The van der Waals surface area contributed by atoms with Crippen LogP contribution in [0.25, 0.3) is 44.2 Å². The van der Waals surface area contributed by atoms with E-state index < -0.39 is 5.41 Å². The molecule has 2 aliphatic rings. The molecule has 2 aliphatic carbocycles. The Bertz CT molecular complexity index is 2870. The Morgan fingerprint density at radius 2 is 1.00 bits per heavy atom. The zero-order valence-electron chi connectivity index (χ0n) is 30.3. The Morgan fingerprint density at radius 1 is 0.426 bits per heavy atom. The zero-order valence-corrected chi connectivity index (χ0v) is 30.3. The van der Waals surface area contributed by atoms with Crippen LogP contribution in [-0.2, 0) is 10.8 Å². The summed E-state index contributed by atoms with van der Waals surface area (Å²) in [6.45, 7) is 4.72. The van der Waals surface area contributed by atoms with Crippen LogP contribution in [0.2, 0.25) is 0 Å². The molecule has 0 N–H and O–H groups in total. The van der Waals surface area contributed by atoms with Gasteiger partial charge in [0, 0.05) is 33.0 Å². The van der Waals surface area contributed by atoms with Gasteiger partial charge in [-0.1, -0.05) is 166 Å². The second-order valence-electron chi connectivity index (χ2n) is 15.2. The smallest absolute Gasteiger partial charge is 0.135 e. The molecule has 54 heavy (non-hydrogen) atoms. The topological polar surface area (TPSA) is 16.4 Å². The molecule has 0 atom stereocenters. The van der Waals surface area contributed by atoms with Crippen molar-refractivity contribution >= 4 is 39.0 Å². The van der Waals surface area contributed by atoms with Crippen molar-refractivity contribution in [2.75, 3.05) is 4.90 Å². The van der Waals surface area contributed by atoms with Crippen molar-refractivity contribution in [2.45, 2.75) is 24.7 Å². The van der Waals surface area contributed by atoms with Gasteiger partial charge in [0.2, 0.25) is 0 Å². The van der Waals surface area contributed by atoms with Crippen molar-refractivity contribution in [2.24, 2.45) is 0 Å². The summed E-state index contributed by atoms with van der Waals surface area (Å²) in [4.78, 5) is 2.53. The number of benzene rings is 8. The van der Waals surface area contributed by atoms with Crippen molar-refractivity contribution in [1.29, 1.82) is 0 Å². The number of para-hydroxylation sites is 2. The highest BCUT2D eigenvalue weighted by atomic mass is 16.3. The van der Waals surface area contributed by atoms with Gasteiger partial charge in [0.1, 0.15) is 11.2 Å². The Hall–Kier alpha value is -6.64. The third-order valence-corrected chi connectivity index (χ3v) is 12.1. The SMILES string of the molecule is CC1(C)c2ccccc2-c2c(N(c3ccccc3)c3ccc4oc5ccccc5c4c3C3(c4ccccc4)c4ccccc4-c4ccccc43)cccc21.